The number of rotatable bonds is 2. The van der Waals surface area contributed by atoms with Gasteiger partial charge in [0.1, 0.15) is 0 Å². The molecular formula is C10H8BNO4. The average molecular weight is 217 g/mol. The van der Waals surface area contributed by atoms with Gasteiger partial charge < -0.3 is 10.0 Å². The van der Waals surface area contributed by atoms with E-state index in [1.165, 1.54) is 12.1 Å². The lowest BCUT2D eigenvalue weighted by atomic mass is 9.78. The van der Waals surface area contributed by atoms with Crippen molar-refractivity contribution in [3.63, 3.8) is 0 Å². The molecule has 0 aliphatic rings. The maximum atomic E-state index is 10.8. The fourth-order valence-corrected chi connectivity index (χ4v) is 1.61. The normalized spacial score (nSPS) is 10.4. The lowest BCUT2D eigenvalue weighted by molar-refractivity contribution is -0.383. The molecule has 0 saturated carbocycles. The first kappa shape index (κ1) is 10.6. The van der Waals surface area contributed by atoms with Gasteiger partial charge in [0.05, 0.1) is 10.4 Å². The second-order valence-corrected chi connectivity index (χ2v) is 3.39. The van der Waals surface area contributed by atoms with Crippen molar-refractivity contribution in [3.05, 3.63) is 46.5 Å². The van der Waals surface area contributed by atoms with Crippen LogP contribution in [0.1, 0.15) is 0 Å². The van der Waals surface area contributed by atoms with Gasteiger partial charge in [0.25, 0.3) is 5.69 Å². The molecule has 0 aromatic heterocycles. The van der Waals surface area contributed by atoms with Gasteiger partial charge in [0.15, 0.2) is 0 Å². The summed E-state index contributed by atoms with van der Waals surface area (Å²) < 4.78 is 0. The van der Waals surface area contributed by atoms with E-state index in [1.807, 2.05) is 0 Å². The van der Waals surface area contributed by atoms with E-state index in [0.717, 1.165) is 5.39 Å². The molecule has 16 heavy (non-hydrogen) atoms. The third-order valence-corrected chi connectivity index (χ3v) is 2.37. The molecule has 0 radical (unpaired) electrons. The quantitative estimate of drug-likeness (QED) is 0.434. The minimum atomic E-state index is -1.84. The predicted molar refractivity (Wildman–Crippen MR) is 60.4 cm³/mol. The molecule has 2 rings (SSSR count). The zero-order chi connectivity index (χ0) is 11.7. The Labute approximate surface area is 91.2 Å². The van der Waals surface area contributed by atoms with Crippen LogP contribution >= 0.6 is 0 Å². The Kier molecular flexibility index (Phi) is 2.60. The topological polar surface area (TPSA) is 83.6 Å². The second kappa shape index (κ2) is 3.92. The van der Waals surface area contributed by atoms with E-state index in [4.69, 9.17) is 10.0 Å². The standard InChI is InChI=1S/C10H8BNO4/c13-11(14)9-5-7-3-1-2-4-8(7)6-10(9)12(15)16/h1-6,13-14H. The summed E-state index contributed by atoms with van der Waals surface area (Å²) in [5.41, 5.74) is -0.377. The minimum Gasteiger partial charge on any atom is -0.423 e. The van der Waals surface area contributed by atoms with E-state index in [-0.39, 0.29) is 11.2 Å². The number of fused-ring (bicyclic) bond motifs is 1. The number of hydrogen-bond acceptors (Lipinski definition) is 4. The molecule has 0 aliphatic carbocycles. The van der Waals surface area contributed by atoms with Crippen molar-refractivity contribution in [2.45, 2.75) is 0 Å². The lowest BCUT2D eigenvalue weighted by Gasteiger charge is -2.04. The van der Waals surface area contributed by atoms with Crippen molar-refractivity contribution in [1.29, 1.82) is 0 Å². The van der Waals surface area contributed by atoms with Crippen LogP contribution < -0.4 is 5.46 Å². The van der Waals surface area contributed by atoms with E-state index in [9.17, 15) is 10.1 Å². The molecule has 6 heteroatoms. The molecule has 0 amide bonds. The van der Waals surface area contributed by atoms with Gasteiger partial charge in [0, 0.05) is 6.07 Å². The van der Waals surface area contributed by atoms with Crippen LogP contribution in [-0.4, -0.2) is 22.1 Å². The summed E-state index contributed by atoms with van der Waals surface area (Å²) in [6.45, 7) is 0. The van der Waals surface area contributed by atoms with Crippen molar-refractivity contribution in [1.82, 2.24) is 0 Å². The molecule has 0 heterocycles. The summed E-state index contributed by atoms with van der Waals surface area (Å²) in [6, 6.07) is 9.78. The highest BCUT2D eigenvalue weighted by Crippen LogP contribution is 2.19. The molecule has 2 aromatic rings. The van der Waals surface area contributed by atoms with Crippen LogP contribution in [0.25, 0.3) is 10.8 Å². The number of benzene rings is 2. The van der Waals surface area contributed by atoms with E-state index >= 15 is 0 Å². The molecule has 2 N–H and O–H groups in total. The van der Waals surface area contributed by atoms with Crippen molar-refractivity contribution >= 4 is 29.0 Å². The zero-order valence-electron chi connectivity index (χ0n) is 8.20. The molecule has 0 atom stereocenters. The first-order valence-corrected chi connectivity index (χ1v) is 4.63. The summed E-state index contributed by atoms with van der Waals surface area (Å²) in [6.07, 6.45) is 0. The van der Waals surface area contributed by atoms with E-state index < -0.39 is 12.0 Å². The van der Waals surface area contributed by atoms with Crippen LogP contribution in [0.4, 0.5) is 5.69 Å². The maximum Gasteiger partial charge on any atom is 0.495 e. The van der Waals surface area contributed by atoms with Crippen LogP contribution in [0.2, 0.25) is 0 Å². The van der Waals surface area contributed by atoms with Gasteiger partial charge in [-0.05, 0) is 16.8 Å². The molecule has 5 nitrogen and oxygen atoms in total. The third kappa shape index (κ3) is 1.76. The Morgan fingerprint density at radius 1 is 1.12 bits per heavy atom. The fourth-order valence-electron chi connectivity index (χ4n) is 1.61. The highest BCUT2D eigenvalue weighted by atomic mass is 16.6. The Hall–Kier alpha value is -1.92. The monoisotopic (exact) mass is 217 g/mol. The Balaban J connectivity index is 2.76. The molecule has 0 aliphatic heterocycles. The van der Waals surface area contributed by atoms with Gasteiger partial charge >= 0.3 is 7.12 Å². The second-order valence-electron chi connectivity index (χ2n) is 3.39. The zero-order valence-corrected chi connectivity index (χ0v) is 8.20. The SMILES string of the molecule is O=[N+]([O-])c1cc2ccccc2cc1B(O)O. The summed E-state index contributed by atoms with van der Waals surface area (Å²) in [5, 5.41) is 30.3. The summed E-state index contributed by atoms with van der Waals surface area (Å²) >= 11 is 0. The Morgan fingerprint density at radius 2 is 1.69 bits per heavy atom. The summed E-state index contributed by atoms with van der Waals surface area (Å²) in [5.74, 6) is 0. The van der Waals surface area contributed by atoms with Crippen LogP contribution in [-0.2, 0) is 0 Å². The van der Waals surface area contributed by atoms with Gasteiger partial charge in [-0.25, -0.2) is 0 Å². The highest BCUT2D eigenvalue weighted by Gasteiger charge is 2.24. The van der Waals surface area contributed by atoms with Crippen LogP contribution in [0.15, 0.2) is 36.4 Å². The Bertz CT molecular complexity index is 556. The molecule has 80 valence electrons. The minimum absolute atomic E-state index is 0.0938. The molecule has 0 bridgehead atoms. The first-order valence-electron chi connectivity index (χ1n) is 4.63. The molecule has 0 saturated heterocycles. The molecule has 0 fully saturated rings. The van der Waals surface area contributed by atoms with Crippen molar-refractivity contribution in [3.8, 4) is 0 Å². The first-order chi connectivity index (χ1) is 7.59. The van der Waals surface area contributed by atoms with Crippen molar-refractivity contribution < 1.29 is 15.0 Å². The van der Waals surface area contributed by atoms with Crippen LogP contribution in [0, 0.1) is 10.1 Å². The molecule has 0 unspecified atom stereocenters. The summed E-state index contributed by atoms with van der Waals surface area (Å²) in [4.78, 5) is 10.1. The van der Waals surface area contributed by atoms with Gasteiger partial charge in [-0.1, -0.05) is 24.3 Å². The van der Waals surface area contributed by atoms with Gasteiger partial charge in [0.2, 0.25) is 0 Å². The summed E-state index contributed by atoms with van der Waals surface area (Å²) in [7, 11) is -1.84. The molecule has 2 aromatic carbocycles. The lowest BCUT2D eigenvalue weighted by Crippen LogP contribution is -2.31. The molecule has 0 spiro atoms. The molecular weight excluding hydrogens is 209 g/mol. The largest absolute Gasteiger partial charge is 0.495 e. The number of nitro groups is 1. The van der Waals surface area contributed by atoms with E-state index in [1.54, 1.807) is 24.3 Å². The number of hydrogen-bond donors (Lipinski definition) is 2. The van der Waals surface area contributed by atoms with Gasteiger partial charge in [-0.2, -0.15) is 0 Å². The number of nitro benzene ring substituents is 1. The Morgan fingerprint density at radius 3 is 2.19 bits per heavy atom. The van der Waals surface area contributed by atoms with Gasteiger partial charge in [-0.3, -0.25) is 10.1 Å². The van der Waals surface area contributed by atoms with E-state index in [0.29, 0.717) is 5.39 Å². The van der Waals surface area contributed by atoms with E-state index in [2.05, 4.69) is 0 Å². The van der Waals surface area contributed by atoms with Crippen LogP contribution in [0.5, 0.6) is 0 Å². The average Bonchev–Trinajstić information content (AvgIpc) is 2.27. The maximum absolute atomic E-state index is 10.8. The highest BCUT2D eigenvalue weighted by molar-refractivity contribution is 6.60. The van der Waals surface area contributed by atoms with Crippen molar-refractivity contribution in [2.75, 3.05) is 0 Å². The van der Waals surface area contributed by atoms with Gasteiger partial charge in [-0.15, -0.1) is 0 Å². The third-order valence-electron chi connectivity index (χ3n) is 2.37. The van der Waals surface area contributed by atoms with Crippen molar-refractivity contribution in [2.24, 2.45) is 0 Å². The predicted octanol–water partition coefficient (Wildman–Crippen LogP) is 0.428. The van der Waals surface area contributed by atoms with Crippen LogP contribution in [0.3, 0.4) is 0 Å². The fraction of sp³-hybridized carbons (Fsp3) is 0. The smallest absolute Gasteiger partial charge is 0.423 e. The number of nitrogens with zero attached hydrogens (tertiary/aromatic N) is 1.